The first-order valence-corrected chi connectivity index (χ1v) is 7.31. The van der Waals surface area contributed by atoms with Crippen molar-refractivity contribution in [3.8, 4) is 0 Å². The van der Waals surface area contributed by atoms with E-state index >= 15 is 0 Å². The first-order valence-electron chi connectivity index (χ1n) is 7.31. The van der Waals surface area contributed by atoms with Crippen molar-refractivity contribution < 1.29 is 4.74 Å². The number of nitrogens with zero attached hydrogens (tertiary/aromatic N) is 1. The van der Waals surface area contributed by atoms with E-state index in [9.17, 15) is 0 Å². The molecule has 0 amide bonds. The Morgan fingerprint density at radius 3 is 2.88 bits per heavy atom. The summed E-state index contributed by atoms with van der Waals surface area (Å²) in [4.78, 5) is 2.72. The highest BCUT2D eigenvalue weighted by molar-refractivity contribution is 4.93. The predicted octanol–water partition coefficient (Wildman–Crippen LogP) is 1.87. The Balaban J connectivity index is 2.02. The Kier molecular flexibility index (Phi) is 4.83. The van der Waals surface area contributed by atoms with Crippen LogP contribution >= 0.6 is 0 Å². The standard InChI is InChI=1S/C14H28N2O/c1-4-15-12-7-9-17-10-14(12)16-8-5-6-13(16)11(2)3/h11-15H,4-10H2,1-3H3. The Bertz CT molecular complexity index is 230. The minimum Gasteiger partial charge on any atom is -0.380 e. The molecular weight excluding hydrogens is 212 g/mol. The zero-order chi connectivity index (χ0) is 12.3. The molecule has 0 saturated carbocycles. The summed E-state index contributed by atoms with van der Waals surface area (Å²) in [7, 11) is 0. The van der Waals surface area contributed by atoms with E-state index in [1.54, 1.807) is 0 Å². The zero-order valence-electron chi connectivity index (χ0n) is 11.6. The summed E-state index contributed by atoms with van der Waals surface area (Å²) in [5, 5.41) is 3.65. The van der Waals surface area contributed by atoms with Crippen LogP contribution in [0.1, 0.15) is 40.0 Å². The Hall–Kier alpha value is -0.120. The Morgan fingerprint density at radius 2 is 2.18 bits per heavy atom. The fourth-order valence-electron chi connectivity index (χ4n) is 3.49. The van der Waals surface area contributed by atoms with Crippen LogP contribution in [-0.2, 0) is 4.74 Å². The van der Waals surface area contributed by atoms with E-state index in [1.807, 2.05) is 0 Å². The van der Waals surface area contributed by atoms with E-state index in [-0.39, 0.29) is 0 Å². The minimum atomic E-state index is 0.596. The molecule has 3 atom stereocenters. The van der Waals surface area contributed by atoms with Gasteiger partial charge in [0.1, 0.15) is 0 Å². The summed E-state index contributed by atoms with van der Waals surface area (Å²) in [5.74, 6) is 0.765. The molecule has 0 aliphatic carbocycles. The third-order valence-corrected chi connectivity index (χ3v) is 4.33. The topological polar surface area (TPSA) is 24.5 Å². The van der Waals surface area contributed by atoms with E-state index in [1.165, 1.54) is 25.8 Å². The van der Waals surface area contributed by atoms with Crippen LogP contribution < -0.4 is 5.32 Å². The number of hydrogen-bond acceptors (Lipinski definition) is 3. The summed E-state index contributed by atoms with van der Waals surface area (Å²) in [6, 6.07) is 1.99. The van der Waals surface area contributed by atoms with Gasteiger partial charge < -0.3 is 10.1 Å². The lowest BCUT2D eigenvalue weighted by atomic mass is 9.96. The van der Waals surface area contributed by atoms with E-state index in [0.717, 1.165) is 31.7 Å². The third kappa shape index (κ3) is 3.01. The molecule has 0 radical (unpaired) electrons. The molecule has 0 aromatic rings. The van der Waals surface area contributed by atoms with E-state index in [4.69, 9.17) is 4.74 Å². The van der Waals surface area contributed by atoms with Crippen LogP contribution in [0.2, 0.25) is 0 Å². The normalized spacial score (nSPS) is 35.6. The molecule has 2 rings (SSSR count). The lowest BCUT2D eigenvalue weighted by molar-refractivity contribution is -0.0137. The smallest absolute Gasteiger partial charge is 0.0637 e. The van der Waals surface area contributed by atoms with E-state index < -0.39 is 0 Å². The number of rotatable bonds is 4. The van der Waals surface area contributed by atoms with Gasteiger partial charge in [0.2, 0.25) is 0 Å². The van der Waals surface area contributed by atoms with Gasteiger partial charge in [-0.05, 0) is 38.3 Å². The van der Waals surface area contributed by atoms with Crippen LogP contribution in [0, 0.1) is 5.92 Å². The predicted molar refractivity (Wildman–Crippen MR) is 71.3 cm³/mol. The van der Waals surface area contributed by atoms with E-state index in [0.29, 0.717) is 12.1 Å². The van der Waals surface area contributed by atoms with Crippen molar-refractivity contribution in [3.63, 3.8) is 0 Å². The molecule has 2 aliphatic heterocycles. The molecule has 3 nitrogen and oxygen atoms in total. The molecule has 3 unspecified atom stereocenters. The molecule has 2 saturated heterocycles. The summed E-state index contributed by atoms with van der Waals surface area (Å²) >= 11 is 0. The number of hydrogen-bond donors (Lipinski definition) is 1. The van der Waals surface area contributed by atoms with Gasteiger partial charge in [-0.15, -0.1) is 0 Å². The second-order valence-electron chi connectivity index (χ2n) is 5.79. The van der Waals surface area contributed by atoms with Gasteiger partial charge in [0.15, 0.2) is 0 Å². The lowest BCUT2D eigenvalue weighted by Crippen LogP contribution is -2.57. The molecule has 0 aromatic heterocycles. The van der Waals surface area contributed by atoms with Gasteiger partial charge in [-0.25, -0.2) is 0 Å². The highest BCUT2D eigenvalue weighted by Crippen LogP contribution is 2.28. The van der Waals surface area contributed by atoms with Crippen LogP contribution in [-0.4, -0.2) is 49.3 Å². The maximum Gasteiger partial charge on any atom is 0.0637 e. The second kappa shape index (κ2) is 6.17. The van der Waals surface area contributed by atoms with Gasteiger partial charge in [0, 0.05) is 24.7 Å². The molecule has 0 spiro atoms. The summed E-state index contributed by atoms with van der Waals surface area (Å²) < 4.78 is 5.72. The fraction of sp³-hybridized carbons (Fsp3) is 1.00. The second-order valence-corrected chi connectivity index (χ2v) is 5.79. The van der Waals surface area contributed by atoms with Crippen LogP contribution in [0.3, 0.4) is 0 Å². The molecule has 0 bridgehead atoms. The van der Waals surface area contributed by atoms with Gasteiger partial charge in [-0.2, -0.15) is 0 Å². The molecule has 2 aliphatic rings. The van der Waals surface area contributed by atoms with Gasteiger partial charge in [-0.1, -0.05) is 20.8 Å². The van der Waals surface area contributed by atoms with Crippen molar-refractivity contribution in [2.75, 3.05) is 26.3 Å². The van der Waals surface area contributed by atoms with Crippen LogP contribution in [0.15, 0.2) is 0 Å². The maximum absolute atomic E-state index is 5.72. The van der Waals surface area contributed by atoms with Crippen molar-refractivity contribution in [2.24, 2.45) is 5.92 Å². The summed E-state index contributed by atoms with van der Waals surface area (Å²) in [6.45, 7) is 11.1. The van der Waals surface area contributed by atoms with Crippen molar-refractivity contribution in [1.29, 1.82) is 0 Å². The van der Waals surface area contributed by atoms with Crippen LogP contribution in [0.5, 0.6) is 0 Å². The monoisotopic (exact) mass is 240 g/mol. The average Bonchev–Trinajstić information content (AvgIpc) is 2.79. The SMILES string of the molecule is CCNC1CCOCC1N1CCCC1C(C)C. The van der Waals surface area contributed by atoms with Crippen molar-refractivity contribution in [3.05, 3.63) is 0 Å². The highest BCUT2D eigenvalue weighted by Gasteiger charge is 2.37. The Labute approximate surface area is 106 Å². The largest absolute Gasteiger partial charge is 0.380 e. The molecule has 2 heterocycles. The first kappa shape index (κ1) is 13.3. The van der Waals surface area contributed by atoms with Crippen molar-refractivity contribution in [1.82, 2.24) is 10.2 Å². The molecule has 3 heteroatoms. The van der Waals surface area contributed by atoms with Gasteiger partial charge in [-0.3, -0.25) is 4.90 Å². The number of likely N-dealkylation sites (tertiary alicyclic amines) is 1. The van der Waals surface area contributed by atoms with Crippen LogP contribution in [0.4, 0.5) is 0 Å². The van der Waals surface area contributed by atoms with E-state index in [2.05, 4.69) is 31.0 Å². The third-order valence-electron chi connectivity index (χ3n) is 4.33. The molecule has 1 N–H and O–H groups in total. The van der Waals surface area contributed by atoms with Crippen molar-refractivity contribution >= 4 is 0 Å². The zero-order valence-corrected chi connectivity index (χ0v) is 11.6. The lowest BCUT2D eigenvalue weighted by Gasteiger charge is -2.42. The van der Waals surface area contributed by atoms with Gasteiger partial charge in [0.25, 0.3) is 0 Å². The number of likely N-dealkylation sites (N-methyl/N-ethyl adjacent to an activating group) is 1. The summed E-state index contributed by atoms with van der Waals surface area (Å²) in [5.41, 5.74) is 0. The first-order chi connectivity index (χ1) is 8.24. The molecule has 100 valence electrons. The average molecular weight is 240 g/mol. The van der Waals surface area contributed by atoms with Gasteiger partial charge >= 0.3 is 0 Å². The van der Waals surface area contributed by atoms with Crippen LogP contribution in [0.25, 0.3) is 0 Å². The molecule has 17 heavy (non-hydrogen) atoms. The fourth-order valence-corrected chi connectivity index (χ4v) is 3.49. The molecule has 0 aromatic carbocycles. The molecular formula is C14H28N2O. The highest BCUT2D eigenvalue weighted by atomic mass is 16.5. The van der Waals surface area contributed by atoms with Gasteiger partial charge in [0.05, 0.1) is 6.61 Å². The molecule has 2 fully saturated rings. The van der Waals surface area contributed by atoms with Crippen molar-refractivity contribution in [2.45, 2.75) is 58.2 Å². The minimum absolute atomic E-state index is 0.596. The summed E-state index contributed by atoms with van der Waals surface area (Å²) in [6.07, 6.45) is 3.89. The number of ether oxygens (including phenoxy) is 1. The maximum atomic E-state index is 5.72. The quantitative estimate of drug-likeness (QED) is 0.812. The number of nitrogens with one attached hydrogen (secondary N) is 1. The Morgan fingerprint density at radius 1 is 1.35 bits per heavy atom.